The largest absolute Gasteiger partial charge is 0.374 e. The highest BCUT2D eigenvalue weighted by Gasteiger charge is 2.21. The molecule has 4 heterocycles. The van der Waals surface area contributed by atoms with Gasteiger partial charge in [-0.1, -0.05) is 6.07 Å². The first-order chi connectivity index (χ1) is 12.7. The molecule has 8 nitrogen and oxygen atoms in total. The third kappa shape index (κ3) is 3.47. The van der Waals surface area contributed by atoms with E-state index >= 15 is 0 Å². The van der Waals surface area contributed by atoms with E-state index in [1.165, 1.54) is 4.57 Å². The van der Waals surface area contributed by atoms with Crippen molar-refractivity contribution in [2.75, 3.05) is 31.6 Å². The van der Waals surface area contributed by atoms with Gasteiger partial charge in [0.15, 0.2) is 5.82 Å². The lowest BCUT2D eigenvalue weighted by atomic mass is 10.2. The molecule has 0 aromatic carbocycles. The number of morpholine rings is 1. The lowest BCUT2D eigenvalue weighted by Crippen LogP contribution is -2.45. The van der Waals surface area contributed by atoms with Crippen molar-refractivity contribution in [3.8, 4) is 0 Å². The number of aryl methyl sites for hydroxylation is 1. The molecule has 0 spiro atoms. The number of ether oxygens (including phenoxy) is 1. The summed E-state index contributed by atoms with van der Waals surface area (Å²) in [6, 6.07) is 6.00. The van der Waals surface area contributed by atoms with Gasteiger partial charge < -0.3 is 19.0 Å². The second kappa shape index (κ2) is 7.27. The Morgan fingerprint density at radius 3 is 3.15 bits per heavy atom. The Kier molecular flexibility index (Phi) is 4.68. The maximum absolute atomic E-state index is 12.0. The molecule has 1 aliphatic heterocycles. The highest BCUT2D eigenvalue weighted by molar-refractivity contribution is 5.39. The molecule has 3 aromatic heterocycles. The molecular weight excluding hydrogens is 332 g/mol. The van der Waals surface area contributed by atoms with Crippen LogP contribution in [0.15, 0.2) is 47.8 Å². The molecule has 136 valence electrons. The maximum atomic E-state index is 12.0. The number of nitrogens with one attached hydrogen (secondary N) is 1. The van der Waals surface area contributed by atoms with E-state index in [2.05, 4.69) is 24.6 Å². The average Bonchev–Trinajstić information content (AvgIpc) is 3.06. The first-order valence-electron chi connectivity index (χ1n) is 8.71. The number of fused-ring (bicyclic) bond motifs is 1. The van der Waals surface area contributed by atoms with Crippen LogP contribution in [0, 0.1) is 0 Å². The van der Waals surface area contributed by atoms with Crippen molar-refractivity contribution < 1.29 is 4.74 Å². The average molecular weight is 354 g/mol. The second-order valence-corrected chi connectivity index (χ2v) is 6.48. The molecule has 0 radical (unpaired) electrons. The summed E-state index contributed by atoms with van der Waals surface area (Å²) in [7, 11) is 1.71. The Bertz CT molecular complexity index is 950. The zero-order chi connectivity index (χ0) is 17.9. The van der Waals surface area contributed by atoms with E-state index < -0.39 is 0 Å². The molecular formula is C18H22N6O2. The number of aromatic nitrogens is 4. The van der Waals surface area contributed by atoms with E-state index in [0.717, 1.165) is 31.0 Å². The van der Waals surface area contributed by atoms with Crippen LogP contribution in [0.3, 0.4) is 0 Å². The number of hydrogen-bond acceptors (Lipinski definition) is 6. The highest BCUT2D eigenvalue weighted by atomic mass is 16.5. The van der Waals surface area contributed by atoms with E-state index in [0.29, 0.717) is 19.0 Å². The smallest absolute Gasteiger partial charge is 0.293 e. The lowest BCUT2D eigenvalue weighted by Gasteiger charge is -2.32. The predicted molar refractivity (Wildman–Crippen MR) is 98.2 cm³/mol. The van der Waals surface area contributed by atoms with Crippen molar-refractivity contribution in [3.05, 3.63) is 59.0 Å². The molecule has 0 saturated carbocycles. The molecule has 3 aromatic rings. The van der Waals surface area contributed by atoms with Gasteiger partial charge in [-0.3, -0.25) is 9.69 Å². The Morgan fingerprint density at radius 1 is 1.31 bits per heavy atom. The zero-order valence-corrected chi connectivity index (χ0v) is 14.7. The molecule has 0 unspecified atom stereocenters. The van der Waals surface area contributed by atoms with Crippen molar-refractivity contribution in [1.29, 1.82) is 0 Å². The van der Waals surface area contributed by atoms with Crippen molar-refractivity contribution in [1.82, 2.24) is 23.8 Å². The topological polar surface area (TPSA) is 76.7 Å². The molecule has 0 aliphatic carbocycles. The summed E-state index contributed by atoms with van der Waals surface area (Å²) in [5.41, 5.74) is 1.98. The van der Waals surface area contributed by atoms with Gasteiger partial charge >= 0.3 is 0 Å². The van der Waals surface area contributed by atoms with E-state index in [4.69, 9.17) is 4.74 Å². The van der Waals surface area contributed by atoms with Crippen LogP contribution in [0.25, 0.3) is 5.65 Å². The number of hydrogen-bond donors (Lipinski definition) is 1. The Balaban J connectivity index is 1.38. The number of nitrogens with zero attached hydrogens (tertiary/aromatic N) is 5. The Hall–Kier alpha value is -2.71. The Labute approximate surface area is 151 Å². The van der Waals surface area contributed by atoms with Crippen LogP contribution in [0.5, 0.6) is 0 Å². The maximum Gasteiger partial charge on any atom is 0.293 e. The summed E-state index contributed by atoms with van der Waals surface area (Å²) in [4.78, 5) is 22.9. The predicted octanol–water partition coefficient (Wildman–Crippen LogP) is 0.741. The SMILES string of the molecule is Cn1ccnc(NC[C@H]2CN(Cc3cnc4ccccn34)CCO2)c1=O. The van der Waals surface area contributed by atoms with Crippen molar-refractivity contribution in [3.63, 3.8) is 0 Å². The van der Waals surface area contributed by atoms with Gasteiger partial charge in [-0.15, -0.1) is 0 Å². The van der Waals surface area contributed by atoms with Crippen molar-refractivity contribution >= 4 is 11.5 Å². The van der Waals surface area contributed by atoms with E-state index in [1.54, 1.807) is 19.4 Å². The third-order valence-corrected chi connectivity index (χ3v) is 4.62. The molecule has 26 heavy (non-hydrogen) atoms. The molecule has 0 amide bonds. The highest BCUT2D eigenvalue weighted by Crippen LogP contribution is 2.13. The summed E-state index contributed by atoms with van der Waals surface area (Å²) < 4.78 is 9.46. The van der Waals surface area contributed by atoms with Crippen LogP contribution >= 0.6 is 0 Å². The summed E-state index contributed by atoms with van der Waals surface area (Å²) in [5, 5.41) is 3.12. The van der Waals surface area contributed by atoms with Gasteiger partial charge in [0, 0.05) is 51.8 Å². The molecule has 1 aliphatic rings. The fraction of sp³-hybridized carbons (Fsp3) is 0.389. The Morgan fingerprint density at radius 2 is 2.23 bits per heavy atom. The first-order valence-corrected chi connectivity index (χ1v) is 8.71. The van der Waals surface area contributed by atoms with Gasteiger partial charge in [-0.25, -0.2) is 9.97 Å². The van der Waals surface area contributed by atoms with Crippen molar-refractivity contribution in [2.24, 2.45) is 7.05 Å². The monoisotopic (exact) mass is 354 g/mol. The van der Waals surface area contributed by atoms with Crippen LogP contribution in [0.2, 0.25) is 0 Å². The van der Waals surface area contributed by atoms with Crippen LogP contribution in [-0.2, 0) is 18.3 Å². The molecule has 1 fully saturated rings. The lowest BCUT2D eigenvalue weighted by molar-refractivity contribution is -0.0245. The summed E-state index contributed by atoms with van der Waals surface area (Å²) >= 11 is 0. The summed E-state index contributed by atoms with van der Waals surface area (Å²) in [6.07, 6.45) is 7.23. The molecule has 1 saturated heterocycles. The van der Waals surface area contributed by atoms with Gasteiger partial charge in [-0.2, -0.15) is 0 Å². The van der Waals surface area contributed by atoms with Gasteiger partial charge in [0.1, 0.15) is 5.65 Å². The second-order valence-electron chi connectivity index (χ2n) is 6.48. The van der Waals surface area contributed by atoms with Crippen LogP contribution in [0.1, 0.15) is 5.69 Å². The molecule has 1 atom stereocenters. The normalized spacial score (nSPS) is 18.3. The third-order valence-electron chi connectivity index (χ3n) is 4.62. The minimum Gasteiger partial charge on any atom is -0.374 e. The molecule has 0 bridgehead atoms. The van der Waals surface area contributed by atoms with E-state index in [-0.39, 0.29) is 11.7 Å². The van der Waals surface area contributed by atoms with Crippen molar-refractivity contribution in [2.45, 2.75) is 12.6 Å². The zero-order valence-electron chi connectivity index (χ0n) is 14.7. The molecule has 1 N–H and O–H groups in total. The fourth-order valence-electron chi connectivity index (χ4n) is 3.21. The van der Waals surface area contributed by atoms with Crippen LogP contribution in [-0.4, -0.2) is 56.2 Å². The van der Waals surface area contributed by atoms with Gasteiger partial charge in [0.05, 0.1) is 24.6 Å². The first kappa shape index (κ1) is 16.7. The molecule has 8 heteroatoms. The molecule has 4 rings (SSSR count). The summed E-state index contributed by atoms with van der Waals surface area (Å²) in [5.74, 6) is 0.359. The van der Waals surface area contributed by atoms with Crippen LogP contribution < -0.4 is 10.9 Å². The fourth-order valence-corrected chi connectivity index (χ4v) is 3.21. The van der Waals surface area contributed by atoms with Gasteiger partial charge in [0.25, 0.3) is 5.56 Å². The number of anilines is 1. The quantitative estimate of drug-likeness (QED) is 0.728. The number of rotatable bonds is 5. The van der Waals surface area contributed by atoms with Gasteiger partial charge in [0.2, 0.25) is 0 Å². The van der Waals surface area contributed by atoms with E-state index in [9.17, 15) is 4.79 Å². The summed E-state index contributed by atoms with van der Waals surface area (Å²) in [6.45, 7) is 3.71. The number of pyridine rings is 1. The van der Waals surface area contributed by atoms with E-state index in [1.807, 2.05) is 30.6 Å². The standard InChI is InChI=1S/C18H22N6O2/c1-22-7-5-19-17(18(22)25)21-11-15-13-23(8-9-26-15)12-14-10-20-16-4-2-3-6-24(14)16/h2-7,10,15H,8-9,11-13H2,1H3,(H,19,21)/t15-/m0/s1. The van der Waals surface area contributed by atoms with Crippen LogP contribution in [0.4, 0.5) is 5.82 Å². The van der Waals surface area contributed by atoms with Gasteiger partial charge in [-0.05, 0) is 12.1 Å². The minimum atomic E-state index is -0.133. The minimum absolute atomic E-state index is 0.00893. The number of imidazole rings is 1.